The van der Waals surface area contributed by atoms with E-state index in [9.17, 15) is 14.4 Å². The predicted molar refractivity (Wildman–Crippen MR) is 103 cm³/mol. The van der Waals surface area contributed by atoms with Gasteiger partial charge in [0.1, 0.15) is 17.2 Å². The minimum absolute atomic E-state index is 0.0800. The zero-order valence-electron chi connectivity index (χ0n) is 15.8. The van der Waals surface area contributed by atoms with Crippen LogP contribution in [-0.4, -0.2) is 53.5 Å². The van der Waals surface area contributed by atoms with Crippen LogP contribution in [-0.2, 0) is 4.79 Å². The molecule has 2 aromatic rings. The number of carbonyl (C=O) groups is 3. The molecule has 0 aliphatic heterocycles. The van der Waals surface area contributed by atoms with E-state index in [0.29, 0.717) is 17.2 Å². The molecule has 9 nitrogen and oxygen atoms in total. The molecule has 0 bridgehead atoms. The van der Waals surface area contributed by atoms with Crippen LogP contribution in [0.2, 0.25) is 0 Å². The van der Waals surface area contributed by atoms with Crippen molar-refractivity contribution in [3.63, 3.8) is 0 Å². The van der Waals surface area contributed by atoms with Gasteiger partial charge in [0, 0.05) is 44.7 Å². The van der Waals surface area contributed by atoms with Crippen LogP contribution in [0.1, 0.15) is 17.4 Å². The third-order valence-electron chi connectivity index (χ3n) is 3.83. The lowest BCUT2D eigenvalue weighted by Crippen LogP contribution is -2.36. The smallest absolute Gasteiger partial charge is 0.321 e. The average Bonchev–Trinajstić information content (AvgIpc) is 2.67. The second-order valence-electron chi connectivity index (χ2n) is 6.14. The Kier molecular flexibility index (Phi) is 6.91. The molecule has 0 spiro atoms. The van der Waals surface area contributed by atoms with Crippen LogP contribution < -0.4 is 15.4 Å². The Hall–Kier alpha value is -3.62. The molecule has 0 saturated heterocycles. The fourth-order valence-corrected chi connectivity index (χ4v) is 2.29. The van der Waals surface area contributed by atoms with Gasteiger partial charge in [0.15, 0.2) is 0 Å². The van der Waals surface area contributed by atoms with E-state index < -0.39 is 17.9 Å². The Bertz CT molecular complexity index is 871. The Morgan fingerprint density at radius 1 is 1.21 bits per heavy atom. The molecular weight excluding hydrogens is 364 g/mol. The molecule has 1 aromatic heterocycles. The number of urea groups is 1. The summed E-state index contributed by atoms with van der Waals surface area (Å²) in [5.41, 5.74) is 0.705. The Labute approximate surface area is 162 Å². The SMILES string of the molecule is CNC(=O)c1cc(Oc2cccc(NC(=O)N(C)CC(C)C(=O)O)c2)ccn1. The summed E-state index contributed by atoms with van der Waals surface area (Å²) in [5.74, 6) is -1.10. The normalized spacial score (nSPS) is 11.2. The fourth-order valence-electron chi connectivity index (χ4n) is 2.29. The number of benzene rings is 1. The number of pyridine rings is 1. The lowest BCUT2D eigenvalue weighted by atomic mass is 10.2. The van der Waals surface area contributed by atoms with Crippen LogP contribution in [0.4, 0.5) is 10.5 Å². The lowest BCUT2D eigenvalue weighted by Gasteiger charge is -2.20. The first-order valence-corrected chi connectivity index (χ1v) is 8.51. The summed E-state index contributed by atoms with van der Waals surface area (Å²) < 4.78 is 5.73. The van der Waals surface area contributed by atoms with Crippen molar-refractivity contribution < 1.29 is 24.2 Å². The van der Waals surface area contributed by atoms with E-state index in [2.05, 4.69) is 15.6 Å². The van der Waals surface area contributed by atoms with E-state index in [-0.39, 0.29) is 18.1 Å². The number of amides is 3. The molecule has 1 unspecified atom stereocenters. The molecule has 2 rings (SSSR count). The van der Waals surface area contributed by atoms with Crippen molar-refractivity contribution in [3.8, 4) is 11.5 Å². The lowest BCUT2D eigenvalue weighted by molar-refractivity contribution is -0.141. The summed E-state index contributed by atoms with van der Waals surface area (Å²) in [6.07, 6.45) is 1.46. The highest BCUT2D eigenvalue weighted by molar-refractivity contribution is 5.92. The van der Waals surface area contributed by atoms with Crippen molar-refractivity contribution in [3.05, 3.63) is 48.3 Å². The molecule has 9 heteroatoms. The molecule has 0 fully saturated rings. The quantitative estimate of drug-likeness (QED) is 0.672. The van der Waals surface area contributed by atoms with E-state index in [1.54, 1.807) is 30.3 Å². The molecule has 0 aliphatic carbocycles. The first kappa shape index (κ1) is 20.7. The highest BCUT2D eigenvalue weighted by atomic mass is 16.5. The topological polar surface area (TPSA) is 121 Å². The highest BCUT2D eigenvalue weighted by Crippen LogP contribution is 2.24. The summed E-state index contributed by atoms with van der Waals surface area (Å²) in [5, 5.41) is 14.1. The van der Waals surface area contributed by atoms with Gasteiger partial charge in [-0.1, -0.05) is 13.0 Å². The Balaban J connectivity index is 2.05. The maximum Gasteiger partial charge on any atom is 0.321 e. The number of aromatic nitrogens is 1. The Morgan fingerprint density at radius 2 is 1.93 bits per heavy atom. The first-order valence-electron chi connectivity index (χ1n) is 8.51. The summed E-state index contributed by atoms with van der Waals surface area (Å²) in [6, 6.07) is 9.38. The van der Waals surface area contributed by atoms with E-state index in [1.165, 1.54) is 38.2 Å². The van der Waals surface area contributed by atoms with Crippen LogP contribution in [0.25, 0.3) is 0 Å². The zero-order valence-corrected chi connectivity index (χ0v) is 15.8. The summed E-state index contributed by atoms with van der Waals surface area (Å²) >= 11 is 0. The molecule has 0 radical (unpaired) electrons. The first-order chi connectivity index (χ1) is 13.3. The number of rotatable bonds is 7. The van der Waals surface area contributed by atoms with Crippen LogP contribution in [0.3, 0.4) is 0 Å². The molecule has 28 heavy (non-hydrogen) atoms. The number of carbonyl (C=O) groups excluding carboxylic acids is 2. The predicted octanol–water partition coefficient (Wildman–Crippen LogP) is 2.42. The molecule has 0 aliphatic rings. The molecule has 3 amide bonds. The molecule has 148 valence electrons. The van der Waals surface area contributed by atoms with Gasteiger partial charge in [-0.05, 0) is 18.2 Å². The number of anilines is 1. The molecular formula is C19H22N4O5. The monoisotopic (exact) mass is 386 g/mol. The third kappa shape index (κ3) is 5.70. The summed E-state index contributed by atoms with van der Waals surface area (Å²) in [6.45, 7) is 1.61. The number of nitrogens with one attached hydrogen (secondary N) is 2. The maximum absolute atomic E-state index is 12.2. The highest BCUT2D eigenvalue weighted by Gasteiger charge is 2.17. The van der Waals surface area contributed by atoms with Crippen molar-refractivity contribution in [1.82, 2.24) is 15.2 Å². The second kappa shape index (κ2) is 9.36. The molecule has 3 N–H and O–H groups in total. The summed E-state index contributed by atoms with van der Waals surface area (Å²) in [4.78, 5) is 40.1. The van der Waals surface area contributed by atoms with Crippen LogP contribution in [0, 0.1) is 5.92 Å². The van der Waals surface area contributed by atoms with Gasteiger partial charge in [-0.2, -0.15) is 0 Å². The van der Waals surface area contributed by atoms with Crippen molar-refractivity contribution in [2.24, 2.45) is 5.92 Å². The van der Waals surface area contributed by atoms with E-state index in [0.717, 1.165) is 0 Å². The number of nitrogens with zero attached hydrogens (tertiary/aromatic N) is 2. The van der Waals surface area contributed by atoms with Crippen molar-refractivity contribution >= 4 is 23.6 Å². The number of aliphatic carboxylic acids is 1. The maximum atomic E-state index is 12.2. The third-order valence-corrected chi connectivity index (χ3v) is 3.83. The van der Waals surface area contributed by atoms with Crippen molar-refractivity contribution in [2.75, 3.05) is 26.0 Å². The molecule has 0 saturated carbocycles. The minimum atomic E-state index is -0.969. The van der Waals surface area contributed by atoms with Crippen molar-refractivity contribution in [1.29, 1.82) is 0 Å². The van der Waals surface area contributed by atoms with E-state index in [4.69, 9.17) is 9.84 Å². The molecule has 1 aromatic carbocycles. The van der Waals surface area contributed by atoms with Gasteiger partial charge in [0.2, 0.25) is 0 Å². The van der Waals surface area contributed by atoms with E-state index >= 15 is 0 Å². The number of ether oxygens (including phenoxy) is 1. The largest absolute Gasteiger partial charge is 0.481 e. The van der Waals surface area contributed by atoms with Gasteiger partial charge >= 0.3 is 12.0 Å². The van der Waals surface area contributed by atoms with Gasteiger partial charge < -0.3 is 25.4 Å². The summed E-state index contributed by atoms with van der Waals surface area (Å²) in [7, 11) is 3.03. The number of hydrogen-bond donors (Lipinski definition) is 3. The Morgan fingerprint density at radius 3 is 2.61 bits per heavy atom. The van der Waals surface area contributed by atoms with Crippen LogP contribution in [0.5, 0.6) is 11.5 Å². The van der Waals surface area contributed by atoms with Gasteiger partial charge in [-0.25, -0.2) is 4.79 Å². The number of carboxylic acids is 1. The van der Waals surface area contributed by atoms with Gasteiger partial charge in [-0.15, -0.1) is 0 Å². The number of carboxylic acid groups (broad SMARTS) is 1. The van der Waals surface area contributed by atoms with Crippen LogP contribution >= 0.6 is 0 Å². The fraction of sp³-hybridized carbons (Fsp3) is 0.263. The molecule has 1 atom stereocenters. The van der Waals surface area contributed by atoms with Crippen molar-refractivity contribution in [2.45, 2.75) is 6.92 Å². The van der Waals surface area contributed by atoms with Gasteiger partial charge in [0.25, 0.3) is 5.91 Å². The minimum Gasteiger partial charge on any atom is -0.481 e. The molecule has 1 heterocycles. The van der Waals surface area contributed by atoms with E-state index in [1.807, 2.05) is 0 Å². The zero-order chi connectivity index (χ0) is 20.7. The standard InChI is InChI=1S/C19H22N4O5/c1-12(18(25)26)11-23(3)19(27)22-13-5-4-6-14(9-13)28-15-7-8-21-16(10-15)17(24)20-2/h4-10,12H,11H2,1-3H3,(H,20,24)(H,22,27)(H,25,26). The van der Waals surface area contributed by atoms with Crippen LogP contribution in [0.15, 0.2) is 42.6 Å². The number of hydrogen-bond acceptors (Lipinski definition) is 5. The second-order valence-corrected chi connectivity index (χ2v) is 6.14. The van der Waals surface area contributed by atoms with Gasteiger partial charge in [0.05, 0.1) is 5.92 Å². The average molecular weight is 386 g/mol. The van der Waals surface area contributed by atoms with Gasteiger partial charge in [-0.3, -0.25) is 14.6 Å².